The number of hydrogen-bond acceptors (Lipinski definition) is 4. The number of nitrogens with two attached hydrogens (primary N) is 2. The topological polar surface area (TPSA) is 84.3 Å². The van der Waals surface area contributed by atoms with Crippen molar-refractivity contribution in [1.82, 2.24) is 5.32 Å². The van der Waals surface area contributed by atoms with Gasteiger partial charge < -0.3 is 16.6 Å². The second-order valence-electron chi connectivity index (χ2n) is 2.42. The molecule has 0 aliphatic rings. The Morgan fingerprint density at radius 2 is 2.20 bits per heavy atom. The van der Waals surface area contributed by atoms with E-state index in [1.54, 1.807) is 6.92 Å². The van der Waals surface area contributed by atoms with Crippen LogP contribution < -0.4 is 16.8 Å². The SMILES string of the molecule is CC(O)NCC(N)CCN. The van der Waals surface area contributed by atoms with Crippen LogP contribution >= 0.6 is 0 Å². The Hall–Kier alpha value is -0.160. The average molecular weight is 147 g/mol. The first-order valence-corrected chi connectivity index (χ1v) is 3.54. The highest BCUT2D eigenvalue weighted by molar-refractivity contribution is 4.64. The molecular formula is C6H17N3O. The fourth-order valence-electron chi connectivity index (χ4n) is 0.638. The highest BCUT2D eigenvalue weighted by Crippen LogP contribution is 1.82. The smallest absolute Gasteiger partial charge is 0.102 e. The molecule has 0 heterocycles. The summed E-state index contributed by atoms with van der Waals surface area (Å²) < 4.78 is 0. The molecule has 0 aliphatic carbocycles. The summed E-state index contributed by atoms with van der Waals surface area (Å²) in [6, 6.07) is 0.0552. The zero-order valence-electron chi connectivity index (χ0n) is 6.38. The number of aliphatic hydroxyl groups excluding tert-OH is 1. The van der Waals surface area contributed by atoms with E-state index < -0.39 is 6.23 Å². The van der Waals surface area contributed by atoms with Crippen molar-refractivity contribution in [1.29, 1.82) is 0 Å². The number of hydrogen-bond donors (Lipinski definition) is 4. The molecule has 0 amide bonds. The molecule has 0 saturated heterocycles. The zero-order valence-corrected chi connectivity index (χ0v) is 6.38. The molecular weight excluding hydrogens is 130 g/mol. The molecule has 0 radical (unpaired) electrons. The van der Waals surface area contributed by atoms with Crippen LogP contribution in [0.4, 0.5) is 0 Å². The molecule has 4 heteroatoms. The fraction of sp³-hybridized carbons (Fsp3) is 1.00. The molecule has 0 bridgehead atoms. The van der Waals surface area contributed by atoms with Gasteiger partial charge >= 0.3 is 0 Å². The van der Waals surface area contributed by atoms with Crippen molar-refractivity contribution < 1.29 is 5.11 Å². The van der Waals surface area contributed by atoms with E-state index in [0.717, 1.165) is 6.42 Å². The minimum Gasteiger partial charge on any atom is -0.379 e. The Morgan fingerprint density at radius 1 is 1.60 bits per heavy atom. The van der Waals surface area contributed by atoms with E-state index in [1.807, 2.05) is 0 Å². The van der Waals surface area contributed by atoms with E-state index in [4.69, 9.17) is 16.6 Å². The predicted molar refractivity (Wildman–Crippen MR) is 41.3 cm³/mol. The Bertz CT molecular complexity index is 77.4. The highest BCUT2D eigenvalue weighted by Gasteiger charge is 2.00. The first-order valence-electron chi connectivity index (χ1n) is 3.54. The Morgan fingerprint density at radius 3 is 2.60 bits per heavy atom. The summed E-state index contributed by atoms with van der Waals surface area (Å²) in [5.41, 5.74) is 10.8. The number of aliphatic hydroxyl groups is 1. The molecule has 4 nitrogen and oxygen atoms in total. The lowest BCUT2D eigenvalue weighted by molar-refractivity contribution is 0.154. The van der Waals surface area contributed by atoms with Crippen LogP contribution in [0.2, 0.25) is 0 Å². The van der Waals surface area contributed by atoms with Crippen LogP contribution in [0, 0.1) is 0 Å². The van der Waals surface area contributed by atoms with Gasteiger partial charge in [-0.15, -0.1) is 0 Å². The molecule has 0 spiro atoms. The Kier molecular flexibility index (Phi) is 5.52. The highest BCUT2D eigenvalue weighted by atomic mass is 16.3. The van der Waals surface area contributed by atoms with Gasteiger partial charge in [-0.05, 0) is 19.9 Å². The van der Waals surface area contributed by atoms with Gasteiger partial charge in [0.2, 0.25) is 0 Å². The monoisotopic (exact) mass is 147 g/mol. The van der Waals surface area contributed by atoms with Gasteiger partial charge in [0.15, 0.2) is 0 Å². The van der Waals surface area contributed by atoms with Crippen LogP contribution in [0.5, 0.6) is 0 Å². The summed E-state index contributed by atoms with van der Waals surface area (Å²) in [5, 5.41) is 11.6. The van der Waals surface area contributed by atoms with Gasteiger partial charge in [0.05, 0.1) is 0 Å². The molecule has 0 aromatic rings. The summed E-state index contributed by atoms with van der Waals surface area (Å²) in [6.45, 7) is 2.88. The normalized spacial score (nSPS) is 16.8. The van der Waals surface area contributed by atoms with Crippen molar-refractivity contribution in [3.63, 3.8) is 0 Å². The van der Waals surface area contributed by atoms with Gasteiger partial charge in [-0.25, -0.2) is 0 Å². The van der Waals surface area contributed by atoms with E-state index in [0.29, 0.717) is 13.1 Å². The molecule has 2 unspecified atom stereocenters. The number of nitrogens with one attached hydrogen (secondary N) is 1. The van der Waals surface area contributed by atoms with Gasteiger partial charge in [-0.2, -0.15) is 0 Å². The summed E-state index contributed by atoms with van der Waals surface area (Å²) in [5.74, 6) is 0. The predicted octanol–water partition coefficient (Wildman–Crippen LogP) is -1.41. The molecule has 2 atom stereocenters. The molecule has 0 aromatic carbocycles. The van der Waals surface area contributed by atoms with Crippen molar-refractivity contribution >= 4 is 0 Å². The first-order chi connectivity index (χ1) is 4.66. The molecule has 0 aromatic heterocycles. The lowest BCUT2D eigenvalue weighted by atomic mass is 10.2. The standard InChI is InChI=1S/C6H17N3O/c1-5(10)9-4-6(8)2-3-7/h5-6,9-10H,2-4,7-8H2,1H3. The van der Waals surface area contributed by atoms with Crippen molar-refractivity contribution in [2.45, 2.75) is 25.6 Å². The lowest BCUT2D eigenvalue weighted by Gasteiger charge is -2.12. The van der Waals surface area contributed by atoms with Crippen LogP contribution in [0.1, 0.15) is 13.3 Å². The van der Waals surface area contributed by atoms with Crippen LogP contribution in [-0.4, -0.2) is 30.5 Å². The maximum Gasteiger partial charge on any atom is 0.102 e. The van der Waals surface area contributed by atoms with Crippen LogP contribution in [0.25, 0.3) is 0 Å². The van der Waals surface area contributed by atoms with Crippen molar-refractivity contribution in [3.05, 3.63) is 0 Å². The molecule has 0 saturated carbocycles. The first kappa shape index (κ1) is 9.84. The summed E-state index contributed by atoms with van der Waals surface area (Å²) in [7, 11) is 0. The van der Waals surface area contributed by atoms with Crippen molar-refractivity contribution in [2.24, 2.45) is 11.5 Å². The third-order valence-corrected chi connectivity index (χ3v) is 1.21. The van der Waals surface area contributed by atoms with E-state index in [2.05, 4.69) is 5.32 Å². The second-order valence-corrected chi connectivity index (χ2v) is 2.42. The van der Waals surface area contributed by atoms with Gasteiger partial charge in [0.25, 0.3) is 0 Å². The van der Waals surface area contributed by atoms with Crippen molar-refractivity contribution in [2.75, 3.05) is 13.1 Å². The van der Waals surface area contributed by atoms with Gasteiger partial charge in [0.1, 0.15) is 6.23 Å². The summed E-state index contributed by atoms with van der Waals surface area (Å²) >= 11 is 0. The second kappa shape index (κ2) is 5.61. The largest absolute Gasteiger partial charge is 0.379 e. The minimum absolute atomic E-state index is 0.0552. The Labute approximate surface area is 61.6 Å². The van der Waals surface area contributed by atoms with Gasteiger partial charge in [-0.1, -0.05) is 0 Å². The fourth-order valence-corrected chi connectivity index (χ4v) is 0.638. The van der Waals surface area contributed by atoms with E-state index in [9.17, 15) is 0 Å². The molecule has 0 rings (SSSR count). The third kappa shape index (κ3) is 5.97. The minimum atomic E-state index is -0.483. The third-order valence-electron chi connectivity index (χ3n) is 1.21. The Balaban J connectivity index is 3.12. The van der Waals surface area contributed by atoms with Crippen LogP contribution in [0.3, 0.4) is 0 Å². The van der Waals surface area contributed by atoms with E-state index in [1.165, 1.54) is 0 Å². The van der Waals surface area contributed by atoms with E-state index in [-0.39, 0.29) is 6.04 Å². The maximum absolute atomic E-state index is 8.77. The van der Waals surface area contributed by atoms with E-state index >= 15 is 0 Å². The molecule has 62 valence electrons. The summed E-state index contributed by atoms with van der Waals surface area (Å²) in [6.07, 6.45) is 0.309. The van der Waals surface area contributed by atoms with Crippen LogP contribution in [-0.2, 0) is 0 Å². The van der Waals surface area contributed by atoms with Gasteiger partial charge in [-0.3, -0.25) is 5.32 Å². The average Bonchev–Trinajstić information content (AvgIpc) is 1.85. The molecule has 6 N–H and O–H groups in total. The molecule has 0 fully saturated rings. The quantitative estimate of drug-likeness (QED) is 0.360. The van der Waals surface area contributed by atoms with Crippen molar-refractivity contribution in [3.8, 4) is 0 Å². The summed E-state index contributed by atoms with van der Waals surface area (Å²) in [4.78, 5) is 0. The zero-order chi connectivity index (χ0) is 7.98. The maximum atomic E-state index is 8.77. The van der Waals surface area contributed by atoms with Crippen LogP contribution in [0.15, 0.2) is 0 Å². The molecule has 10 heavy (non-hydrogen) atoms. The number of rotatable bonds is 5. The lowest BCUT2D eigenvalue weighted by Crippen LogP contribution is -2.39. The van der Waals surface area contributed by atoms with Gasteiger partial charge in [0, 0.05) is 12.6 Å². The molecule has 0 aliphatic heterocycles.